The maximum Gasteiger partial charge on any atom is 0.142 e. The molecular weight excluding hydrogens is 349 g/mol. The van der Waals surface area contributed by atoms with Crippen LogP contribution in [0.5, 0.6) is 0 Å². The summed E-state index contributed by atoms with van der Waals surface area (Å²) in [4.78, 5) is 2.32. The van der Waals surface area contributed by atoms with Crippen LogP contribution in [-0.2, 0) is 0 Å². The van der Waals surface area contributed by atoms with E-state index < -0.39 is 0 Å². The smallest absolute Gasteiger partial charge is 0.142 e. The van der Waals surface area contributed by atoms with Gasteiger partial charge in [0.2, 0.25) is 0 Å². The van der Waals surface area contributed by atoms with Gasteiger partial charge in [-0.1, -0.05) is 30.7 Å². The third-order valence-electron chi connectivity index (χ3n) is 2.80. The summed E-state index contributed by atoms with van der Waals surface area (Å²) in [5.74, 6) is -0.383. The van der Waals surface area contributed by atoms with Gasteiger partial charge < -0.3 is 5.32 Å². The summed E-state index contributed by atoms with van der Waals surface area (Å²) in [5, 5.41) is 3.55. The quantitative estimate of drug-likeness (QED) is 0.777. The van der Waals surface area contributed by atoms with Crippen LogP contribution < -0.4 is 5.32 Å². The van der Waals surface area contributed by atoms with E-state index in [9.17, 15) is 4.39 Å². The van der Waals surface area contributed by atoms with Crippen molar-refractivity contribution in [3.63, 3.8) is 0 Å². The van der Waals surface area contributed by atoms with E-state index in [-0.39, 0.29) is 16.9 Å². The Morgan fingerprint density at radius 2 is 2.21 bits per heavy atom. The van der Waals surface area contributed by atoms with E-state index in [0.29, 0.717) is 0 Å². The highest BCUT2D eigenvalue weighted by atomic mass is 79.9. The van der Waals surface area contributed by atoms with Gasteiger partial charge in [-0.05, 0) is 47.1 Å². The van der Waals surface area contributed by atoms with Crippen molar-refractivity contribution in [2.24, 2.45) is 0 Å². The Kier molecular flexibility index (Phi) is 5.01. The first-order chi connectivity index (χ1) is 9.04. The summed E-state index contributed by atoms with van der Waals surface area (Å²) in [6.07, 6.45) is 0. The molecule has 0 bridgehead atoms. The van der Waals surface area contributed by atoms with Crippen LogP contribution in [0.2, 0.25) is 5.02 Å². The molecule has 1 heterocycles. The molecule has 0 amide bonds. The highest BCUT2D eigenvalue weighted by Gasteiger charge is 2.22. The number of rotatable bonds is 4. The van der Waals surface area contributed by atoms with Crippen LogP contribution in [0.15, 0.2) is 28.7 Å². The third kappa shape index (κ3) is 3.19. The summed E-state index contributed by atoms with van der Waals surface area (Å²) < 4.78 is 14.7. The summed E-state index contributed by atoms with van der Waals surface area (Å²) in [5.41, 5.74) is 0.770. The van der Waals surface area contributed by atoms with Crippen molar-refractivity contribution >= 4 is 38.9 Å². The number of hydrogen-bond acceptors (Lipinski definition) is 2. The van der Waals surface area contributed by atoms with Crippen LogP contribution >= 0.6 is 38.9 Å². The van der Waals surface area contributed by atoms with Crippen molar-refractivity contribution < 1.29 is 4.39 Å². The molecule has 1 N–H and O–H groups in total. The highest BCUT2D eigenvalue weighted by Crippen LogP contribution is 2.38. The number of aryl methyl sites for hydroxylation is 1. The minimum atomic E-state index is -0.383. The lowest BCUT2D eigenvalue weighted by Gasteiger charge is -2.19. The second kappa shape index (κ2) is 6.35. The number of halogens is 3. The molecule has 1 unspecified atom stereocenters. The van der Waals surface area contributed by atoms with Crippen LogP contribution in [0.25, 0.3) is 0 Å². The normalized spacial score (nSPS) is 12.7. The predicted molar refractivity (Wildman–Crippen MR) is 83.7 cm³/mol. The molecule has 5 heteroatoms. The Morgan fingerprint density at radius 3 is 2.79 bits per heavy atom. The van der Waals surface area contributed by atoms with Gasteiger partial charge in [-0.15, -0.1) is 11.3 Å². The summed E-state index contributed by atoms with van der Waals surface area (Å²) in [6.45, 7) is 4.85. The van der Waals surface area contributed by atoms with Gasteiger partial charge in [0.15, 0.2) is 0 Å². The van der Waals surface area contributed by atoms with Gasteiger partial charge in [0.1, 0.15) is 5.82 Å². The molecule has 0 fully saturated rings. The van der Waals surface area contributed by atoms with E-state index in [4.69, 9.17) is 11.6 Å². The molecule has 1 atom stereocenters. The van der Waals surface area contributed by atoms with Crippen molar-refractivity contribution in [2.45, 2.75) is 19.9 Å². The summed E-state index contributed by atoms with van der Waals surface area (Å²) >= 11 is 11.4. The van der Waals surface area contributed by atoms with Gasteiger partial charge in [-0.3, -0.25) is 0 Å². The van der Waals surface area contributed by atoms with Gasteiger partial charge in [0.05, 0.1) is 11.1 Å². The number of hydrogen-bond donors (Lipinski definition) is 1. The maximum absolute atomic E-state index is 13.6. The summed E-state index contributed by atoms with van der Waals surface area (Å²) in [7, 11) is 0. The van der Waals surface area contributed by atoms with E-state index in [1.807, 2.05) is 13.0 Å². The van der Waals surface area contributed by atoms with Crippen LogP contribution in [0.3, 0.4) is 0 Å². The average Bonchev–Trinajstić information content (AvgIpc) is 2.69. The highest BCUT2D eigenvalue weighted by molar-refractivity contribution is 9.10. The molecule has 0 aliphatic rings. The largest absolute Gasteiger partial charge is 0.306 e. The lowest BCUT2D eigenvalue weighted by molar-refractivity contribution is 0.607. The minimum absolute atomic E-state index is 0.0960. The lowest BCUT2D eigenvalue weighted by atomic mass is 10.0. The molecular formula is C14H14BrClFNS. The summed E-state index contributed by atoms with van der Waals surface area (Å²) in [6, 6.07) is 6.90. The maximum atomic E-state index is 13.6. The van der Waals surface area contributed by atoms with Crippen molar-refractivity contribution in [1.82, 2.24) is 5.32 Å². The molecule has 2 aromatic rings. The Balaban J connectivity index is 2.51. The monoisotopic (exact) mass is 361 g/mol. The topological polar surface area (TPSA) is 12.0 Å². The van der Waals surface area contributed by atoms with Crippen LogP contribution in [0.4, 0.5) is 4.39 Å². The fourth-order valence-corrected chi connectivity index (χ4v) is 4.20. The molecule has 0 aliphatic heterocycles. The number of benzene rings is 1. The zero-order valence-corrected chi connectivity index (χ0v) is 13.8. The molecule has 1 nitrogen and oxygen atoms in total. The molecule has 2 rings (SSSR count). The molecule has 0 saturated carbocycles. The second-order valence-electron chi connectivity index (χ2n) is 4.20. The standard InChI is InChI=1S/C14H14BrClFNS/c1-3-18-13(14-10(15)7-8(2)19-14)9-5-4-6-11(17)12(9)16/h4-7,13,18H,3H2,1-2H3. The second-order valence-corrected chi connectivity index (χ2v) is 6.72. The average molecular weight is 363 g/mol. The van der Waals surface area contributed by atoms with E-state index in [2.05, 4.69) is 34.2 Å². The van der Waals surface area contributed by atoms with Gasteiger partial charge in [-0.2, -0.15) is 0 Å². The fraction of sp³-hybridized carbons (Fsp3) is 0.286. The number of nitrogens with one attached hydrogen (secondary N) is 1. The zero-order chi connectivity index (χ0) is 14.0. The Morgan fingerprint density at radius 1 is 1.47 bits per heavy atom. The van der Waals surface area contributed by atoms with E-state index in [1.54, 1.807) is 17.4 Å². The van der Waals surface area contributed by atoms with Crippen LogP contribution in [-0.4, -0.2) is 6.54 Å². The fourth-order valence-electron chi connectivity index (χ4n) is 1.99. The first-order valence-corrected chi connectivity index (χ1v) is 7.96. The SMILES string of the molecule is CCNC(c1cccc(F)c1Cl)c1sc(C)cc1Br. The minimum Gasteiger partial charge on any atom is -0.306 e. The van der Waals surface area contributed by atoms with E-state index in [0.717, 1.165) is 21.5 Å². The molecule has 1 aromatic heterocycles. The molecule has 0 radical (unpaired) electrons. The van der Waals surface area contributed by atoms with Crippen molar-refractivity contribution in [3.05, 3.63) is 54.9 Å². The zero-order valence-electron chi connectivity index (χ0n) is 10.6. The Hall–Kier alpha value is -0.420. The lowest BCUT2D eigenvalue weighted by Crippen LogP contribution is -2.22. The number of thiophene rings is 1. The van der Waals surface area contributed by atoms with Gasteiger partial charge in [-0.25, -0.2) is 4.39 Å². The Bertz CT molecular complexity index is 585. The van der Waals surface area contributed by atoms with Gasteiger partial charge >= 0.3 is 0 Å². The van der Waals surface area contributed by atoms with Crippen LogP contribution in [0.1, 0.15) is 28.3 Å². The Labute approximate surface area is 129 Å². The van der Waals surface area contributed by atoms with E-state index >= 15 is 0 Å². The molecule has 19 heavy (non-hydrogen) atoms. The molecule has 0 spiro atoms. The first kappa shape index (κ1) is 15.0. The molecule has 102 valence electrons. The predicted octanol–water partition coefficient (Wildman–Crippen LogP) is 5.31. The van der Waals surface area contributed by atoms with E-state index in [1.165, 1.54) is 10.9 Å². The van der Waals surface area contributed by atoms with Crippen molar-refractivity contribution in [2.75, 3.05) is 6.54 Å². The van der Waals surface area contributed by atoms with Gasteiger partial charge in [0, 0.05) is 14.2 Å². The van der Waals surface area contributed by atoms with Crippen molar-refractivity contribution in [3.8, 4) is 0 Å². The molecule has 0 aliphatic carbocycles. The van der Waals surface area contributed by atoms with Gasteiger partial charge in [0.25, 0.3) is 0 Å². The van der Waals surface area contributed by atoms with Crippen LogP contribution in [0, 0.1) is 12.7 Å². The molecule has 1 aromatic carbocycles. The van der Waals surface area contributed by atoms with Crippen molar-refractivity contribution in [1.29, 1.82) is 0 Å². The third-order valence-corrected chi connectivity index (χ3v) is 5.23. The molecule has 0 saturated heterocycles. The first-order valence-electron chi connectivity index (χ1n) is 5.97.